The van der Waals surface area contributed by atoms with Gasteiger partial charge in [-0.3, -0.25) is 9.69 Å². The summed E-state index contributed by atoms with van der Waals surface area (Å²) in [6.45, 7) is 3.21. The molecule has 178 valence electrons. The Hall–Kier alpha value is -4.25. The van der Waals surface area contributed by atoms with E-state index >= 15 is 0 Å². The van der Waals surface area contributed by atoms with Crippen molar-refractivity contribution in [1.29, 1.82) is 0 Å². The van der Waals surface area contributed by atoms with Gasteiger partial charge in [0.05, 0.1) is 6.04 Å². The van der Waals surface area contributed by atoms with Gasteiger partial charge in [0, 0.05) is 16.8 Å². The first-order chi connectivity index (χ1) is 17.7. The third-order valence-electron chi connectivity index (χ3n) is 7.60. The Balaban J connectivity index is 1.46. The molecule has 0 saturated heterocycles. The SMILES string of the molecule is Cc1c2c(cc3c1OCC31C(=O)N(C(c3ccccc3)c3ccccc3)c3ccccc31)OCCO2. The highest BCUT2D eigenvalue weighted by Crippen LogP contribution is 2.58. The van der Waals surface area contributed by atoms with Crippen LogP contribution in [0.3, 0.4) is 0 Å². The van der Waals surface area contributed by atoms with E-state index in [1.165, 1.54) is 0 Å². The summed E-state index contributed by atoms with van der Waals surface area (Å²) in [5.74, 6) is 2.12. The van der Waals surface area contributed by atoms with Gasteiger partial charge in [-0.1, -0.05) is 78.9 Å². The number of benzene rings is 4. The number of ether oxygens (including phenoxy) is 3. The van der Waals surface area contributed by atoms with Gasteiger partial charge >= 0.3 is 0 Å². The predicted molar refractivity (Wildman–Crippen MR) is 137 cm³/mol. The molecule has 36 heavy (non-hydrogen) atoms. The minimum atomic E-state index is -0.950. The molecular weight excluding hydrogens is 450 g/mol. The average Bonchev–Trinajstić information content (AvgIpc) is 3.43. The van der Waals surface area contributed by atoms with E-state index in [1.807, 2.05) is 72.5 Å². The smallest absolute Gasteiger partial charge is 0.246 e. The molecular formula is C31H25NO4. The summed E-state index contributed by atoms with van der Waals surface area (Å²) in [4.78, 5) is 16.8. The second-order valence-corrected chi connectivity index (χ2v) is 9.51. The highest BCUT2D eigenvalue weighted by atomic mass is 16.6. The molecule has 1 amide bonds. The second kappa shape index (κ2) is 7.89. The fourth-order valence-corrected chi connectivity index (χ4v) is 5.99. The summed E-state index contributed by atoms with van der Waals surface area (Å²) in [6.07, 6.45) is 0. The molecule has 1 spiro atoms. The Labute approximate surface area is 209 Å². The van der Waals surface area contributed by atoms with Gasteiger partial charge in [0.1, 0.15) is 31.0 Å². The second-order valence-electron chi connectivity index (χ2n) is 9.51. The molecule has 0 bridgehead atoms. The van der Waals surface area contributed by atoms with Crippen LogP contribution in [0.4, 0.5) is 5.69 Å². The lowest BCUT2D eigenvalue weighted by Crippen LogP contribution is -2.44. The van der Waals surface area contributed by atoms with Gasteiger partial charge in [0.2, 0.25) is 5.91 Å². The molecule has 5 heteroatoms. The monoisotopic (exact) mass is 475 g/mol. The van der Waals surface area contributed by atoms with Crippen molar-refractivity contribution in [1.82, 2.24) is 0 Å². The van der Waals surface area contributed by atoms with Gasteiger partial charge in [-0.2, -0.15) is 0 Å². The molecule has 0 radical (unpaired) electrons. The van der Waals surface area contributed by atoms with Gasteiger partial charge in [-0.05, 0) is 35.7 Å². The minimum absolute atomic E-state index is 0.0104. The molecule has 0 fully saturated rings. The number of carbonyl (C=O) groups is 1. The lowest BCUT2D eigenvalue weighted by Gasteiger charge is -2.31. The van der Waals surface area contributed by atoms with E-state index in [0.29, 0.717) is 24.7 Å². The van der Waals surface area contributed by atoms with E-state index in [0.717, 1.165) is 39.3 Å². The Morgan fingerprint density at radius 2 is 1.39 bits per heavy atom. The molecule has 3 heterocycles. The van der Waals surface area contributed by atoms with Crippen LogP contribution in [0.5, 0.6) is 17.2 Å². The lowest BCUT2D eigenvalue weighted by molar-refractivity contribution is -0.122. The fourth-order valence-electron chi connectivity index (χ4n) is 5.99. The van der Waals surface area contributed by atoms with Crippen molar-refractivity contribution in [2.75, 3.05) is 24.7 Å². The standard InChI is InChI=1S/C31H25NO4/c1-20-28-24(18-26-29(20)35-17-16-34-26)31(19-36-28)23-14-8-9-15-25(23)32(30(31)33)27(21-10-4-2-5-11-21)22-12-6-3-7-13-22/h2-15,18,27H,16-17,19H2,1H3. The topological polar surface area (TPSA) is 48.0 Å². The summed E-state index contributed by atoms with van der Waals surface area (Å²) in [5, 5.41) is 0. The molecule has 1 unspecified atom stereocenters. The van der Waals surface area contributed by atoms with Crippen LogP contribution in [0.25, 0.3) is 0 Å². The Kier molecular flexibility index (Phi) is 4.61. The summed E-state index contributed by atoms with van der Waals surface area (Å²) in [6, 6.07) is 30.2. The largest absolute Gasteiger partial charge is 0.491 e. The molecule has 0 aliphatic carbocycles. The molecule has 4 aromatic carbocycles. The van der Waals surface area contributed by atoms with Crippen molar-refractivity contribution in [3.63, 3.8) is 0 Å². The van der Waals surface area contributed by atoms with Crippen LogP contribution < -0.4 is 19.1 Å². The summed E-state index contributed by atoms with van der Waals surface area (Å²) < 4.78 is 18.2. The van der Waals surface area contributed by atoms with E-state index < -0.39 is 5.41 Å². The maximum absolute atomic E-state index is 14.8. The lowest BCUT2D eigenvalue weighted by atomic mass is 9.76. The first-order valence-corrected chi connectivity index (χ1v) is 12.3. The van der Waals surface area contributed by atoms with Gasteiger partial charge in [-0.25, -0.2) is 0 Å². The van der Waals surface area contributed by atoms with Crippen molar-refractivity contribution >= 4 is 11.6 Å². The van der Waals surface area contributed by atoms with Crippen LogP contribution in [0.2, 0.25) is 0 Å². The van der Waals surface area contributed by atoms with E-state index in [4.69, 9.17) is 14.2 Å². The number of amides is 1. The van der Waals surface area contributed by atoms with Crippen LogP contribution >= 0.6 is 0 Å². The molecule has 3 aliphatic heterocycles. The number of carbonyl (C=O) groups excluding carboxylic acids is 1. The molecule has 3 aliphatic rings. The number of hydrogen-bond acceptors (Lipinski definition) is 4. The van der Waals surface area contributed by atoms with E-state index in [1.54, 1.807) is 0 Å². The van der Waals surface area contributed by atoms with Crippen LogP contribution in [-0.2, 0) is 10.2 Å². The zero-order chi connectivity index (χ0) is 24.3. The number of fused-ring (bicyclic) bond motifs is 5. The zero-order valence-electron chi connectivity index (χ0n) is 19.9. The summed E-state index contributed by atoms with van der Waals surface area (Å²) in [5.41, 5.74) is 4.76. The molecule has 0 saturated carbocycles. The summed E-state index contributed by atoms with van der Waals surface area (Å²) in [7, 11) is 0. The normalized spacial score (nSPS) is 19.4. The molecule has 0 N–H and O–H groups in total. The Bertz CT molecular complexity index is 1440. The average molecular weight is 476 g/mol. The molecule has 1 atom stereocenters. The zero-order valence-corrected chi connectivity index (χ0v) is 19.9. The molecule has 7 rings (SSSR count). The third-order valence-corrected chi connectivity index (χ3v) is 7.60. The van der Waals surface area contributed by atoms with Crippen LogP contribution in [0.1, 0.15) is 33.9 Å². The van der Waals surface area contributed by atoms with Crippen molar-refractivity contribution in [2.45, 2.75) is 18.4 Å². The fraction of sp³-hybridized carbons (Fsp3) is 0.194. The first kappa shape index (κ1) is 21.1. The van der Waals surface area contributed by atoms with Crippen LogP contribution in [-0.4, -0.2) is 25.7 Å². The highest BCUT2D eigenvalue weighted by Gasteiger charge is 2.59. The first-order valence-electron chi connectivity index (χ1n) is 12.3. The van der Waals surface area contributed by atoms with Gasteiger partial charge in [0.25, 0.3) is 0 Å². The number of nitrogens with zero attached hydrogens (tertiary/aromatic N) is 1. The van der Waals surface area contributed by atoms with Crippen molar-refractivity contribution in [3.8, 4) is 17.2 Å². The predicted octanol–water partition coefficient (Wildman–Crippen LogP) is 5.58. The number of para-hydroxylation sites is 1. The Morgan fingerprint density at radius 1 is 0.750 bits per heavy atom. The van der Waals surface area contributed by atoms with E-state index in [-0.39, 0.29) is 18.6 Å². The van der Waals surface area contributed by atoms with Gasteiger partial charge < -0.3 is 14.2 Å². The minimum Gasteiger partial charge on any atom is -0.491 e. The van der Waals surface area contributed by atoms with E-state index in [2.05, 4.69) is 30.3 Å². The van der Waals surface area contributed by atoms with Crippen LogP contribution in [0, 0.1) is 6.92 Å². The molecule has 5 nitrogen and oxygen atoms in total. The number of anilines is 1. The van der Waals surface area contributed by atoms with Gasteiger partial charge in [0.15, 0.2) is 11.5 Å². The quantitative estimate of drug-likeness (QED) is 0.388. The van der Waals surface area contributed by atoms with Crippen molar-refractivity contribution < 1.29 is 19.0 Å². The van der Waals surface area contributed by atoms with Crippen molar-refractivity contribution in [2.24, 2.45) is 0 Å². The maximum Gasteiger partial charge on any atom is 0.246 e. The third kappa shape index (κ3) is 2.80. The van der Waals surface area contributed by atoms with E-state index in [9.17, 15) is 4.79 Å². The summed E-state index contributed by atoms with van der Waals surface area (Å²) >= 11 is 0. The number of rotatable bonds is 3. The van der Waals surface area contributed by atoms with Crippen molar-refractivity contribution in [3.05, 3.63) is 119 Å². The molecule has 0 aromatic heterocycles. The van der Waals surface area contributed by atoms with Crippen LogP contribution in [0.15, 0.2) is 91.0 Å². The Morgan fingerprint density at radius 3 is 2.11 bits per heavy atom. The maximum atomic E-state index is 14.8. The number of hydrogen-bond donors (Lipinski definition) is 0. The van der Waals surface area contributed by atoms with Gasteiger partial charge in [-0.15, -0.1) is 0 Å². The highest BCUT2D eigenvalue weighted by molar-refractivity contribution is 6.12. The molecule has 4 aromatic rings.